The number of rotatable bonds is 2. The molecule has 20 heavy (non-hydrogen) atoms. The SMILES string of the molecule is [O-]C1C=CC(O)c2c([O+]=Cc3ccccc3)cccc21. The average Bonchev–Trinajstić information content (AvgIpc) is 2.50. The lowest BCUT2D eigenvalue weighted by atomic mass is 9.92. The molecule has 0 aromatic heterocycles. The van der Waals surface area contributed by atoms with Gasteiger partial charge in [-0.2, -0.15) is 0 Å². The van der Waals surface area contributed by atoms with Gasteiger partial charge in [-0.25, -0.2) is 4.42 Å². The Bertz CT molecular complexity index is 659. The van der Waals surface area contributed by atoms with Crippen molar-refractivity contribution in [3.05, 3.63) is 77.4 Å². The second-order valence-corrected chi connectivity index (χ2v) is 4.66. The van der Waals surface area contributed by atoms with Crippen LogP contribution in [0.25, 0.3) is 0 Å². The minimum atomic E-state index is -0.950. The van der Waals surface area contributed by atoms with E-state index in [-0.39, 0.29) is 0 Å². The fourth-order valence-corrected chi connectivity index (χ4v) is 2.30. The minimum absolute atomic E-state index is 0.518. The van der Waals surface area contributed by atoms with Crippen molar-refractivity contribution in [3.63, 3.8) is 0 Å². The number of carbonyl (C=O) groups excluding carboxylic acids is 1. The molecule has 2 aromatic rings. The molecule has 100 valence electrons. The van der Waals surface area contributed by atoms with E-state index in [0.717, 1.165) is 5.56 Å². The highest BCUT2D eigenvalue weighted by Crippen LogP contribution is 2.37. The third-order valence-electron chi connectivity index (χ3n) is 3.29. The summed E-state index contributed by atoms with van der Waals surface area (Å²) < 4.78 is 5.65. The highest BCUT2D eigenvalue weighted by molar-refractivity contribution is 5.75. The van der Waals surface area contributed by atoms with Gasteiger partial charge in [0.15, 0.2) is 0 Å². The Balaban J connectivity index is 2.00. The van der Waals surface area contributed by atoms with Crippen molar-refractivity contribution in [1.29, 1.82) is 0 Å². The Hall–Kier alpha value is -2.23. The highest BCUT2D eigenvalue weighted by Gasteiger charge is 2.24. The molecule has 0 bridgehead atoms. The Kier molecular flexibility index (Phi) is 3.46. The summed E-state index contributed by atoms with van der Waals surface area (Å²) in [6.45, 7) is 0. The predicted molar refractivity (Wildman–Crippen MR) is 74.6 cm³/mol. The third kappa shape index (κ3) is 2.41. The Labute approximate surface area is 117 Å². The molecule has 2 atom stereocenters. The normalized spacial score (nSPS) is 21.1. The number of benzene rings is 2. The molecule has 0 aliphatic heterocycles. The van der Waals surface area contributed by atoms with E-state index in [0.29, 0.717) is 16.9 Å². The molecule has 2 aromatic carbocycles. The third-order valence-corrected chi connectivity index (χ3v) is 3.29. The van der Waals surface area contributed by atoms with E-state index in [9.17, 15) is 10.2 Å². The summed E-state index contributed by atoms with van der Waals surface area (Å²) in [4.78, 5) is 0. The molecule has 0 amide bonds. The van der Waals surface area contributed by atoms with Crippen LogP contribution in [-0.4, -0.2) is 11.4 Å². The Morgan fingerprint density at radius 1 is 1.00 bits per heavy atom. The van der Waals surface area contributed by atoms with Crippen LogP contribution in [0.3, 0.4) is 0 Å². The summed E-state index contributed by atoms with van der Waals surface area (Å²) in [5.74, 6) is 0.518. The van der Waals surface area contributed by atoms with Crippen molar-refractivity contribution in [2.45, 2.75) is 12.2 Å². The molecule has 1 aliphatic carbocycles. The quantitative estimate of drug-likeness (QED) is 0.515. The van der Waals surface area contributed by atoms with Crippen LogP contribution in [0, 0.1) is 0 Å². The molecular weight excluding hydrogens is 252 g/mol. The molecule has 3 rings (SSSR count). The van der Waals surface area contributed by atoms with Gasteiger partial charge in [0, 0.05) is 6.07 Å². The molecule has 2 unspecified atom stereocenters. The van der Waals surface area contributed by atoms with E-state index >= 15 is 0 Å². The zero-order valence-corrected chi connectivity index (χ0v) is 10.8. The van der Waals surface area contributed by atoms with E-state index in [2.05, 4.69) is 0 Å². The summed E-state index contributed by atoms with van der Waals surface area (Å²) in [5, 5.41) is 21.9. The van der Waals surface area contributed by atoms with E-state index in [4.69, 9.17) is 4.42 Å². The number of hydrogen-bond acceptors (Lipinski definition) is 2. The standard InChI is InChI=1S/C17H14O3/c18-14-9-10-15(19)17-13(14)7-4-8-16(17)20-11-12-5-2-1-3-6-12/h1-11,14-15,19H. The van der Waals surface area contributed by atoms with Gasteiger partial charge in [0.1, 0.15) is 6.10 Å². The summed E-state index contributed by atoms with van der Waals surface area (Å²) in [6, 6.07) is 14.9. The lowest BCUT2D eigenvalue weighted by molar-refractivity contribution is -0.410. The maximum atomic E-state index is 11.9. The molecule has 3 nitrogen and oxygen atoms in total. The first-order valence-corrected chi connectivity index (χ1v) is 6.45. The largest absolute Gasteiger partial charge is 0.846 e. The van der Waals surface area contributed by atoms with Gasteiger partial charge in [-0.15, -0.1) is 0 Å². The molecule has 1 N–H and O–H groups in total. The van der Waals surface area contributed by atoms with Crippen molar-refractivity contribution < 1.29 is 14.6 Å². The molecule has 0 fully saturated rings. The van der Waals surface area contributed by atoms with Gasteiger partial charge in [0.25, 0.3) is 0 Å². The highest BCUT2D eigenvalue weighted by atomic mass is 16.4. The maximum absolute atomic E-state index is 11.9. The van der Waals surface area contributed by atoms with Crippen molar-refractivity contribution in [3.8, 4) is 5.75 Å². The van der Waals surface area contributed by atoms with E-state index < -0.39 is 12.2 Å². The summed E-state index contributed by atoms with van der Waals surface area (Å²) in [6.07, 6.45) is 2.84. The molecule has 0 saturated carbocycles. The van der Waals surface area contributed by atoms with Gasteiger partial charge in [-0.1, -0.05) is 48.6 Å². The smallest absolute Gasteiger partial charge is 0.358 e. The number of aldehydes is 1. The maximum Gasteiger partial charge on any atom is 0.358 e. The van der Waals surface area contributed by atoms with Gasteiger partial charge in [-0.05, 0) is 17.7 Å². The summed E-state index contributed by atoms with van der Waals surface area (Å²) in [5.41, 5.74) is 2.05. The Morgan fingerprint density at radius 2 is 1.80 bits per heavy atom. The van der Waals surface area contributed by atoms with Crippen LogP contribution in [0.4, 0.5) is 0 Å². The van der Waals surface area contributed by atoms with Gasteiger partial charge in [0.05, 0.1) is 11.1 Å². The molecule has 3 heteroatoms. The molecule has 0 radical (unpaired) electrons. The monoisotopic (exact) mass is 266 g/mol. The fraction of sp³-hybridized carbons (Fsp3) is 0.118. The Morgan fingerprint density at radius 3 is 2.60 bits per heavy atom. The lowest BCUT2D eigenvalue weighted by Gasteiger charge is -2.26. The van der Waals surface area contributed by atoms with Crippen LogP contribution in [0.15, 0.2) is 60.7 Å². The van der Waals surface area contributed by atoms with Gasteiger partial charge < -0.3 is 10.2 Å². The summed E-state index contributed by atoms with van der Waals surface area (Å²) in [7, 11) is 0. The van der Waals surface area contributed by atoms with E-state index in [1.165, 1.54) is 12.2 Å². The minimum Gasteiger partial charge on any atom is -0.846 e. The average molecular weight is 266 g/mol. The molecule has 0 saturated heterocycles. The molecule has 0 spiro atoms. The fourth-order valence-electron chi connectivity index (χ4n) is 2.30. The number of aliphatic hydroxyl groups is 1. The second kappa shape index (κ2) is 5.41. The van der Waals surface area contributed by atoms with Crippen LogP contribution in [-0.2, 0) is 0 Å². The van der Waals surface area contributed by atoms with Gasteiger partial charge >= 0.3 is 12.0 Å². The second-order valence-electron chi connectivity index (χ2n) is 4.66. The first-order chi connectivity index (χ1) is 9.75. The molecular formula is C17H14O3. The van der Waals surface area contributed by atoms with Crippen molar-refractivity contribution in [1.82, 2.24) is 0 Å². The first kappa shape index (κ1) is 12.8. The lowest BCUT2D eigenvalue weighted by Crippen LogP contribution is -2.19. The van der Waals surface area contributed by atoms with Crippen LogP contribution >= 0.6 is 0 Å². The predicted octanol–water partition coefficient (Wildman–Crippen LogP) is 2.45. The number of fused-ring (bicyclic) bond motifs is 1. The van der Waals surface area contributed by atoms with Crippen LogP contribution in [0.2, 0.25) is 0 Å². The van der Waals surface area contributed by atoms with E-state index in [1.807, 2.05) is 30.3 Å². The van der Waals surface area contributed by atoms with Gasteiger partial charge in [0.2, 0.25) is 0 Å². The van der Waals surface area contributed by atoms with E-state index in [1.54, 1.807) is 24.5 Å². The zero-order valence-electron chi connectivity index (χ0n) is 10.8. The van der Waals surface area contributed by atoms with Crippen molar-refractivity contribution in [2.24, 2.45) is 0 Å². The molecule has 0 heterocycles. The first-order valence-electron chi connectivity index (χ1n) is 6.45. The number of aliphatic hydroxyl groups excluding tert-OH is 1. The van der Waals surface area contributed by atoms with Crippen molar-refractivity contribution >= 4 is 6.29 Å². The van der Waals surface area contributed by atoms with Crippen molar-refractivity contribution in [2.75, 3.05) is 0 Å². The topological polar surface area (TPSA) is 54.6 Å². The summed E-state index contributed by atoms with van der Waals surface area (Å²) >= 11 is 0. The van der Waals surface area contributed by atoms with Crippen LogP contribution in [0.1, 0.15) is 33.3 Å². The van der Waals surface area contributed by atoms with Gasteiger partial charge in [-0.3, -0.25) is 0 Å². The van der Waals surface area contributed by atoms with Crippen LogP contribution < -0.4 is 5.11 Å². The van der Waals surface area contributed by atoms with Crippen LogP contribution in [0.5, 0.6) is 5.75 Å². The number of hydrogen-bond donors (Lipinski definition) is 1. The zero-order chi connectivity index (χ0) is 13.9. The molecule has 1 aliphatic rings.